The van der Waals surface area contributed by atoms with Gasteiger partial charge in [-0.3, -0.25) is 0 Å². The highest BCUT2D eigenvalue weighted by atomic mass is 15.3. The Morgan fingerprint density at radius 3 is 2.79 bits per heavy atom. The van der Waals surface area contributed by atoms with E-state index < -0.39 is 0 Å². The van der Waals surface area contributed by atoms with E-state index in [1.807, 2.05) is 12.7 Å². The van der Waals surface area contributed by atoms with Gasteiger partial charge in [0.05, 0.1) is 0 Å². The van der Waals surface area contributed by atoms with Gasteiger partial charge < -0.3 is 9.88 Å². The summed E-state index contributed by atoms with van der Waals surface area (Å²) in [5.74, 6) is 0.867. The molecule has 1 aliphatic carbocycles. The summed E-state index contributed by atoms with van der Waals surface area (Å²) in [6.07, 6.45) is 7.59. The van der Waals surface area contributed by atoms with E-state index in [1.54, 1.807) is 0 Å². The molecule has 2 aliphatic heterocycles. The standard InChI is InChI=1S/C10H16N4/c1-8-2-9-4-10(3-8,13-9)5-14-6-11-12-7-14/h6-9,13H,2-5H2,1H3. The van der Waals surface area contributed by atoms with Gasteiger partial charge in [0.15, 0.2) is 0 Å². The average Bonchev–Trinajstić information content (AvgIpc) is 2.53. The SMILES string of the molecule is CC1CC2CC(Cn3cnnc3)(C1)N2. The van der Waals surface area contributed by atoms with Crippen LogP contribution in [0.25, 0.3) is 0 Å². The molecule has 3 aliphatic rings. The predicted molar refractivity (Wildman–Crippen MR) is 52.7 cm³/mol. The summed E-state index contributed by atoms with van der Waals surface area (Å²) in [6, 6.07) is 0.773. The van der Waals surface area contributed by atoms with E-state index in [4.69, 9.17) is 0 Å². The second-order valence-corrected chi connectivity index (χ2v) is 5.00. The van der Waals surface area contributed by atoms with Crippen molar-refractivity contribution in [3.63, 3.8) is 0 Å². The van der Waals surface area contributed by atoms with E-state index in [1.165, 1.54) is 19.3 Å². The summed E-state index contributed by atoms with van der Waals surface area (Å²) >= 11 is 0. The lowest BCUT2D eigenvalue weighted by atomic mass is 9.66. The molecule has 0 radical (unpaired) electrons. The van der Waals surface area contributed by atoms with Crippen LogP contribution < -0.4 is 5.32 Å². The molecule has 0 spiro atoms. The van der Waals surface area contributed by atoms with Gasteiger partial charge in [-0.05, 0) is 25.2 Å². The van der Waals surface area contributed by atoms with Gasteiger partial charge in [0, 0.05) is 18.1 Å². The van der Waals surface area contributed by atoms with Gasteiger partial charge in [0.1, 0.15) is 12.7 Å². The average molecular weight is 192 g/mol. The quantitative estimate of drug-likeness (QED) is 0.754. The van der Waals surface area contributed by atoms with Crippen LogP contribution in [0.3, 0.4) is 0 Å². The lowest BCUT2D eigenvalue weighted by Crippen LogP contribution is -2.69. The molecule has 1 aromatic rings. The van der Waals surface area contributed by atoms with Gasteiger partial charge in [-0.2, -0.15) is 0 Å². The highest BCUT2D eigenvalue weighted by Gasteiger charge is 2.48. The summed E-state index contributed by atoms with van der Waals surface area (Å²) in [5, 5.41) is 11.4. The molecule has 1 N–H and O–H groups in total. The smallest absolute Gasteiger partial charge is 0.119 e. The van der Waals surface area contributed by atoms with Crippen molar-refractivity contribution >= 4 is 0 Å². The minimum atomic E-state index is 0.352. The maximum atomic E-state index is 3.84. The van der Waals surface area contributed by atoms with Crippen molar-refractivity contribution < 1.29 is 0 Å². The number of aromatic nitrogens is 3. The molecular weight excluding hydrogens is 176 g/mol. The first-order valence-electron chi connectivity index (χ1n) is 5.36. The Bertz CT molecular complexity index is 313. The van der Waals surface area contributed by atoms with Crippen molar-refractivity contribution in [3.05, 3.63) is 12.7 Å². The predicted octanol–water partition coefficient (Wildman–Crippen LogP) is 0.809. The van der Waals surface area contributed by atoms with Crippen molar-refractivity contribution in [2.24, 2.45) is 5.92 Å². The molecule has 4 nitrogen and oxygen atoms in total. The first-order chi connectivity index (χ1) is 6.76. The molecule has 0 aromatic carbocycles. The molecule has 4 rings (SSSR count). The van der Waals surface area contributed by atoms with E-state index in [2.05, 4.69) is 27.0 Å². The normalized spacial score (nSPS) is 40.6. The molecule has 3 fully saturated rings. The van der Waals surface area contributed by atoms with Crippen molar-refractivity contribution in [1.82, 2.24) is 20.1 Å². The third-order valence-corrected chi connectivity index (χ3v) is 3.53. The number of nitrogens with one attached hydrogen (secondary N) is 1. The van der Waals surface area contributed by atoms with E-state index in [0.717, 1.165) is 18.5 Å². The summed E-state index contributed by atoms with van der Waals surface area (Å²) < 4.78 is 2.08. The first-order valence-corrected chi connectivity index (χ1v) is 5.36. The summed E-state index contributed by atoms with van der Waals surface area (Å²) in [7, 11) is 0. The number of hydrogen-bond acceptors (Lipinski definition) is 3. The van der Waals surface area contributed by atoms with Gasteiger partial charge >= 0.3 is 0 Å². The van der Waals surface area contributed by atoms with E-state index in [0.29, 0.717) is 5.54 Å². The Morgan fingerprint density at radius 1 is 1.43 bits per heavy atom. The molecule has 3 atom stereocenters. The Labute approximate surface area is 83.7 Å². The van der Waals surface area contributed by atoms with Crippen molar-refractivity contribution in [2.45, 2.75) is 44.3 Å². The van der Waals surface area contributed by atoms with E-state index >= 15 is 0 Å². The third kappa shape index (κ3) is 1.25. The fraction of sp³-hybridized carbons (Fsp3) is 0.800. The fourth-order valence-electron chi connectivity index (χ4n) is 3.23. The molecule has 1 aromatic heterocycles. The molecule has 2 saturated heterocycles. The number of hydrogen-bond donors (Lipinski definition) is 1. The molecule has 3 heterocycles. The summed E-state index contributed by atoms with van der Waals surface area (Å²) in [6.45, 7) is 3.38. The Balaban J connectivity index is 1.73. The summed E-state index contributed by atoms with van der Waals surface area (Å²) in [5.41, 5.74) is 0.352. The van der Waals surface area contributed by atoms with E-state index in [-0.39, 0.29) is 0 Å². The maximum absolute atomic E-state index is 3.84. The lowest BCUT2D eigenvalue weighted by Gasteiger charge is -2.56. The van der Waals surface area contributed by atoms with Crippen LogP contribution in [-0.2, 0) is 6.54 Å². The monoisotopic (exact) mass is 192 g/mol. The van der Waals surface area contributed by atoms with E-state index in [9.17, 15) is 0 Å². The lowest BCUT2D eigenvalue weighted by molar-refractivity contribution is 0.0243. The van der Waals surface area contributed by atoms with Crippen LogP contribution >= 0.6 is 0 Å². The number of nitrogens with zero attached hydrogens (tertiary/aromatic N) is 3. The largest absolute Gasteiger partial charge is 0.318 e. The Morgan fingerprint density at radius 2 is 2.14 bits per heavy atom. The number of fused-ring (bicyclic) bond motifs is 2. The molecule has 1 saturated carbocycles. The first kappa shape index (κ1) is 8.41. The van der Waals surface area contributed by atoms with Crippen LogP contribution in [-0.4, -0.2) is 26.3 Å². The van der Waals surface area contributed by atoms with Crippen LogP contribution in [0.1, 0.15) is 26.2 Å². The maximum Gasteiger partial charge on any atom is 0.119 e. The second-order valence-electron chi connectivity index (χ2n) is 5.00. The highest BCUT2D eigenvalue weighted by Crippen LogP contribution is 2.41. The zero-order valence-electron chi connectivity index (χ0n) is 8.48. The summed E-state index contributed by atoms with van der Waals surface area (Å²) in [4.78, 5) is 0. The van der Waals surface area contributed by atoms with Crippen LogP contribution in [0.4, 0.5) is 0 Å². The zero-order chi connectivity index (χ0) is 9.60. The second kappa shape index (κ2) is 2.79. The molecule has 14 heavy (non-hydrogen) atoms. The Hall–Kier alpha value is -0.900. The molecular formula is C10H16N4. The molecule has 0 amide bonds. The van der Waals surface area contributed by atoms with Gasteiger partial charge in [-0.15, -0.1) is 10.2 Å². The van der Waals surface area contributed by atoms with Crippen LogP contribution in [0.5, 0.6) is 0 Å². The van der Waals surface area contributed by atoms with Crippen LogP contribution in [0.2, 0.25) is 0 Å². The van der Waals surface area contributed by atoms with Crippen molar-refractivity contribution in [3.8, 4) is 0 Å². The van der Waals surface area contributed by atoms with Crippen molar-refractivity contribution in [1.29, 1.82) is 0 Å². The fourth-order valence-corrected chi connectivity index (χ4v) is 3.23. The van der Waals surface area contributed by atoms with Gasteiger partial charge in [0.25, 0.3) is 0 Å². The van der Waals surface area contributed by atoms with Crippen LogP contribution in [0, 0.1) is 5.92 Å². The van der Waals surface area contributed by atoms with Gasteiger partial charge in [0.2, 0.25) is 0 Å². The molecule has 3 unspecified atom stereocenters. The zero-order valence-corrected chi connectivity index (χ0v) is 8.48. The third-order valence-electron chi connectivity index (χ3n) is 3.53. The topological polar surface area (TPSA) is 42.7 Å². The molecule has 76 valence electrons. The molecule has 4 heteroatoms. The minimum absolute atomic E-state index is 0.352. The Kier molecular flexibility index (Phi) is 1.68. The van der Waals surface area contributed by atoms with Crippen LogP contribution in [0.15, 0.2) is 12.7 Å². The van der Waals surface area contributed by atoms with Crippen molar-refractivity contribution in [2.75, 3.05) is 0 Å². The highest BCUT2D eigenvalue weighted by molar-refractivity contribution is 5.08. The minimum Gasteiger partial charge on any atom is -0.318 e. The number of rotatable bonds is 2. The van der Waals surface area contributed by atoms with Gasteiger partial charge in [-0.25, -0.2) is 0 Å². The molecule has 2 bridgehead atoms. The van der Waals surface area contributed by atoms with Gasteiger partial charge in [-0.1, -0.05) is 6.92 Å². The number of piperidine rings is 1.